The number of carboxylic acid groups (broad SMARTS) is 1. The van der Waals surface area contributed by atoms with Crippen LogP contribution in [0, 0.1) is 5.41 Å². The summed E-state index contributed by atoms with van der Waals surface area (Å²) in [6.07, 6.45) is -2.21. The first-order valence-corrected chi connectivity index (χ1v) is 6.40. The van der Waals surface area contributed by atoms with Crippen molar-refractivity contribution in [3.05, 3.63) is 0 Å². The molecule has 1 N–H and O–H groups in total. The molecular weight excluding hydrogens is 263 g/mol. The van der Waals surface area contributed by atoms with Crippen molar-refractivity contribution in [3.8, 4) is 0 Å². The van der Waals surface area contributed by atoms with Gasteiger partial charge in [0.1, 0.15) is 0 Å². The number of aliphatic carboxylic acids is 1. The zero-order valence-corrected chi connectivity index (χ0v) is 10.4. The van der Waals surface area contributed by atoms with Gasteiger partial charge in [-0.25, -0.2) is 0 Å². The van der Waals surface area contributed by atoms with Gasteiger partial charge in [0.05, 0.1) is 5.41 Å². The summed E-state index contributed by atoms with van der Waals surface area (Å²) < 4.78 is 37.7. The highest BCUT2D eigenvalue weighted by Gasteiger charge is 2.56. The minimum absolute atomic E-state index is 0.00194. The van der Waals surface area contributed by atoms with Crippen molar-refractivity contribution < 1.29 is 27.9 Å². The molecule has 4 nitrogen and oxygen atoms in total. The molecule has 0 bridgehead atoms. The van der Waals surface area contributed by atoms with Gasteiger partial charge in [0.2, 0.25) is 0 Å². The van der Waals surface area contributed by atoms with E-state index in [0.29, 0.717) is 38.5 Å². The number of fused-ring (bicyclic) bond motifs is 1. The summed E-state index contributed by atoms with van der Waals surface area (Å²) in [7, 11) is 0. The molecule has 0 aromatic carbocycles. The second-order valence-electron chi connectivity index (χ2n) is 5.32. The number of carboxylic acids is 1. The lowest BCUT2D eigenvalue weighted by Crippen LogP contribution is -2.61. The summed E-state index contributed by atoms with van der Waals surface area (Å²) in [6, 6.07) is -0.818. The quantitative estimate of drug-likeness (QED) is 0.800. The van der Waals surface area contributed by atoms with Gasteiger partial charge < -0.3 is 10.0 Å². The second-order valence-corrected chi connectivity index (χ2v) is 5.32. The fourth-order valence-electron chi connectivity index (χ4n) is 3.45. The smallest absolute Gasteiger partial charge is 0.471 e. The minimum Gasteiger partial charge on any atom is -0.481 e. The van der Waals surface area contributed by atoms with Crippen molar-refractivity contribution in [2.24, 2.45) is 5.41 Å². The largest absolute Gasteiger partial charge is 0.481 e. The lowest BCUT2D eigenvalue weighted by atomic mass is 9.65. The van der Waals surface area contributed by atoms with Crippen LogP contribution < -0.4 is 0 Å². The number of hydrogen-bond donors (Lipinski definition) is 1. The zero-order valence-electron chi connectivity index (χ0n) is 10.4. The highest BCUT2D eigenvalue weighted by atomic mass is 19.4. The molecule has 2 atom stereocenters. The van der Waals surface area contributed by atoms with Crippen LogP contribution in [0.15, 0.2) is 0 Å². The van der Waals surface area contributed by atoms with E-state index in [-0.39, 0.29) is 6.54 Å². The van der Waals surface area contributed by atoms with Crippen molar-refractivity contribution in [1.82, 2.24) is 4.90 Å². The van der Waals surface area contributed by atoms with E-state index in [1.54, 1.807) is 0 Å². The van der Waals surface area contributed by atoms with Gasteiger partial charge in [-0.3, -0.25) is 9.59 Å². The fourth-order valence-corrected chi connectivity index (χ4v) is 3.45. The Labute approximate surface area is 108 Å². The van der Waals surface area contributed by atoms with Crippen LogP contribution in [0.5, 0.6) is 0 Å². The van der Waals surface area contributed by atoms with E-state index in [1.807, 2.05) is 0 Å². The number of hydrogen-bond acceptors (Lipinski definition) is 2. The molecular formula is C12H16F3NO3. The van der Waals surface area contributed by atoms with Crippen molar-refractivity contribution in [2.75, 3.05) is 6.54 Å². The predicted octanol–water partition coefficient (Wildman–Crippen LogP) is 2.18. The Hall–Kier alpha value is -1.27. The lowest BCUT2D eigenvalue weighted by molar-refractivity contribution is -0.197. The van der Waals surface area contributed by atoms with E-state index in [2.05, 4.69) is 0 Å². The average molecular weight is 279 g/mol. The highest BCUT2D eigenvalue weighted by Crippen LogP contribution is 2.47. The molecule has 0 aromatic heterocycles. The molecule has 0 aromatic rings. The number of rotatable bonds is 1. The molecule has 19 heavy (non-hydrogen) atoms. The molecule has 1 aliphatic heterocycles. The predicted molar refractivity (Wildman–Crippen MR) is 59.3 cm³/mol. The van der Waals surface area contributed by atoms with E-state index < -0.39 is 29.5 Å². The molecule has 1 heterocycles. The van der Waals surface area contributed by atoms with Crippen LogP contribution in [0.1, 0.15) is 38.5 Å². The molecule has 1 aliphatic carbocycles. The summed E-state index contributed by atoms with van der Waals surface area (Å²) in [5.41, 5.74) is -1.18. The maximum Gasteiger partial charge on any atom is 0.471 e. The third-order valence-electron chi connectivity index (χ3n) is 4.32. The number of piperidine rings is 1. The Balaban J connectivity index is 2.32. The Kier molecular flexibility index (Phi) is 3.49. The Morgan fingerprint density at radius 1 is 1.16 bits per heavy atom. The number of carbonyl (C=O) groups is 2. The van der Waals surface area contributed by atoms with E-state index in [1.165, 1.54) is 0 Å². The van der Waals surface area contributed by atoms with Crippen molar-refractivity contribution in [3.63, 3.8) is 0 Å². The van der Waals surface area contributed by atoms with E-state index >= 15 is 0 Å². The summed E-state index contributed by atoms with van der Waals surface area (Å²) in [5, 5.41) is 9.41. The monoisotopic (exact) mass is 279 g/mol. The molecule has 1 saturated heterocycles. The first-order valence-electron chi connectivity index (χ1n) is 6.40. The van der Waals surface area contributed by atoms with Gasteiger partial charge in [0, 0.05) is 12.6 Å². The van der Waals surface area contributed by atoms with Crippen LogP contribution in [0.3, 0.4) is 0 Å². The maximum absolute atomic E-state index is 12.6. The van der Waals surface area contributed by atoms with Crippen molar-refractivity contribution in [1.29, 1.82) is 0 Å². The SMILES string of the molecule is O=C(N1CCC[C@@]2(C(=O)O)CCCC[C@H]12)C(F)(F)F. The molecule has 0 unspecified atom stereocenters. The van der Waals surface area contributed by atoms with Crippen LogP contribution in [-0.2, 0) is 9.59 Å². The molecule has 108 valence electrons. The molecule has 2 aliphatic rings. The summed E-state index contributed by atoms with van der Waals surface area (Å²) in [5.74, 6) is -2.97. The average Bonchev–Trinajstić information content (AvgIpc) is 2.35. The van der Waals surface area contributed by atoms with E-state index in [0.717, 1.165) is 4.90 Å². The maximum atomic E-state index is 12.6. The molecule has 2 fully saturated rings. The fraction of sp³-hybridized carbons (Fsp3) is 0.833. The van der Waals surface area contributed by atoms with Gasteiger partial charge in [0.25, 0.3) is 0 Å². The molecule has 1 saturated carbocycles. The van der Waals surface area contributed by atoms with Crippen LogP contribution in [0.2, 0.25) is 0 Å². The van der Waals surface area contributed by atoms with Crippen LogP contribution in [-0.4, -0.2) is 40.6 Å². The normalized spacial score (nSPS) is 31.7. The zero-order chi connectivity index (χ0) is 14.3. The number of likely N-dealkylation sites (tertiary alicyclic amines) is 1. The first kappa shape index (κ1) is 14.1. The van der Waals surface area contributed by atoms with Crippen molar-refractivity contribution in [2.45, 2.75) is 50.7 Å². The van der Waals surface area contributed by atoms with Gasteiger partial charge in [-0.2, -0.15) is 13.2 Å². The number of amides is 1. The van der Waals surface area contributed by atoms with Crippen LogP contribution >= 0.6 is 0 Å². The number of nitrogens with zero attached hydrogens (tertiary/aromatic N) is 1. The topological polar surface area (TPSA) is 57.6 Å². The molecule has 7 heteroatoms. The number of alkyl halides is 3. The minimum atomic E-state index is -4.93. The third kappa shape index (κ3) is 2.30. The lowest BCUT2D eigenvalue weighted by Gasteiger charge is -2.50. The van der Waals surface area contributed by atoms with E-state index in [4.69, 9.17) is 0 Å². The number of halogens is 3. The van der Waals surface area contributed by atoms with Crippen LogP contribution in [0.25, 0.3) is 0 Å². The Morgan fingerprint density at radius 3 is 2.37 bits per heavy atom. The van der Waals surface area contributed by atoms with Crippen LogP contribution in [0.4, 0.5) is 13.2 Å². The Morgan fingerprint density at radius 2 is 1.79 bits per heavy atom. The summed E-state index contributed by atoms with van der Waals surface area (Å²) >= 11 is 0. The molecule has 0 spiro atoms. The molecule has 2 rings (SSSR count). The van der Waals surface area contributed by atoms with Gasteiger partial charge in [-0.05, 0) is 25.7 Å². The highest BCUT2D eigenvalue weighted by molar-refractivity contribution is 5.84. The standard InChI is InChI=1S/C12H16F3NO3/c13-12(14,15)9(17)16-7-3-6-11(10(18)19)5-2-1-4-8(11)16/h8H,1-7H2,(H,18,19)/t8-,11-/m0/s1. The third-order valence-corrected chi connectivity index (χ3v) is 4.32. The molecule has 0 radical (unpaired) electrons. The molecule has 1 amide bonds. The second kappa shape index (κ2) is 4.68. The van der Waals surface area contributed by atoms with E-state index in [9.17, 15) is 27.9 Å². The van der Waals surface area contributed by atoms with Gasteiger partial charge >= 0.3 is 18.1 Å². The van der Waals surface area contributed by atoms with Crippen molar-refractivity contribution >= 4 is 11.9 Å². The first-order chi connectivity index (χ1) is 8.79. The van der Waals surface area contributed by atoms with Gasteiger partial charge in [-0.15, -0.1) is 0 Å². The summed E-state index contributed by atoms with van der Waals surface area (Å²) in [6.45, 7) is -0.00194. The number of carbonyl (C=O) groups excluding carboxylic acids is 1. The Bertz CT molecular complexity index is 392. The summed E-state index contributed by atoms with van der Waals surface area (Å²) in [4.78, 5) is 23.7. The van der Waals surface area contributed by atoms with Gasteiger partial charge in [-0.1, -0.05) is 12.8 Å². The van der Waals surface area contributed by atoms with Gasteiger partial charge in [0.15, 0.2) is 0 Å².